The Bertz CT molecular complexity index is 284. The van der Waals surface area contributed by atoms with Crippen molar-refractivity contribution >= 4 is 11.8 Å². The smallest absolute Gasteiger partial charge is 0.370 e. The van der Waals surface area contributed by atoms with Crippen LogP contribution < -0.4 is 16.4 Å². The minimum atomic E-state index is -4.43. The summed E-state index contributed by atoms with van der Waals surface area (Å²) in [6.45, 7) is 0.153. The molecule has 0 aromatic rings. The number of rotatable bonds is 8. The maximum absolute atomic E-state index is 11.8. The lowest BCUT2D eigenvalue weighted by atomic mass is 10.3. The fraction of sp³-hybridized carbons (Fsp3) is 0.778. The van der Waals surface area contributed by atoms with Crippen LogP contribution >= 0.6 is 0 Å². The van der Waals surface area contributed by atoms with E-state index >= 15 is 0 Å². The number of nitrogens with one attached hydrogen (secondary N) is 2. The van der Waals surface area contributed by atoms with Gasteiger partial charge in [0.2, 0.25) is 11.8 Å². The average molecular weight is 271 g/mol. The van der Waals surface area contributed by atoms with E-state index in [0.29, 0.717) is 0 Å². The Balaban J connectivity index is 3.65. The molecule has 0 aromatic heterocycles. The number of carbonyl (C=O) groups excluding carboxylic acids is 2. The zero-order valence-electron chi connectivity index (χ0n) is 9.84. The summed E-state index contributed by atoms with van der Waals surface area (Å²) in [5.41, 5.74) is 4.81. The first-order chi connectivity index (χ1) is 8.22. The van der Waals surface area contributed by atoms with Crippen LogP contribution in [0.4, 0.5) is 13.2 Å². The molecule has 6 nitrogen and oxygen atoms in total. The largest absolute Gasteiger partial charge is 0.405 e. The number of hydrogen-bond donors (Lipinski definition) is 3. The predicted molar refractivity (Wildman–Crippen MR) is 56.5 cm³/mol. The van der Waals surface area contributed by atoms with Gasteiger partial charge >= 0.3 is 6.18 Å². The van der Waals surface area contributed by atoms with E-state index in [1.807, 2.05) is 0 Å². The maximum Gasteiger partial charge on any atom is 0.405 e. The Hall–Kier alpha value is -1.35. The Morgan fingerprint density at radius 3 is 2.50 bits per heavy atom. The van der Waals surface area contributed by atoms with Gasteiger partial charge in [-0.15, -0.1) is 0 Å². The fourth-order valence-electron chi connectivity index (χ4n) is 0.953. The number of alkyl halides is 3. The molecule has 0 saturated heterocycles. The fourth-order valence-corrected chi connectivity index (χ4v) is 0.953. The zero-order chi connectivity index (χ0) is 14.2. The molecule has 0 saturated carbocycles. The van der Waals surface area contributed by atoms with Crippen molar-refractivity contribution in [3.8, 4) is 0 Å². The van der Waals surface area contributed by atoms with Crippen LogP contribution in [0.1, 0.15) is 6.92 Å². The summed E-state index contributed by atoms with van der Waals surface area (Å²) in [6, 6.07) is -0.787. The molecule has 4 N–H and O–H groups in total. The molecule has 0 rings (SSSR count). The van der Waals surface area contributed by atoms with Crippen molar-refractivity contribution in [3.63, 3.8) is 0 Å². The molecule has 18 heavy (non-hydrogen) atoms. The first kappa shape index (κ1) is 16.6. The molecule has 0 aliphatic rings. The third-order valence-electron chi connectivity index (χ3n) is 1.80. The zero-order valence-corrected chi connectivity index (χ0v) is 9.84. The first-order valence-electron chi connectivity index (χ1n) is 5.16. The van der Waals surface area contributed by atoms with Gasteiger partial charge in [-0.05, 0) is 6.92 Å². The number of halogens is 3. The third kappa shape index (κ3) is 9.85. The van der Waals surface area contributed by atoms with E-state index in [-0.39, 0.29) is 19.8 Å². The van der Waals surface area contributed by atoms with Crippen molar-refractivity contribution in [2.45, 2.75) is 19.1 Å². The molecule has 0 fully saturated rings. The molecule has 0 aliphatic heterocycles. The summed E-state index contributed by atoms with van der Waals surface area (Å²) < 4.78 is 40.2. The van der Waals surface area contributed by atoms with Gasteiger partial charge in [-0.2, -0.15) is 13.2 Å². The Labute approximate surface area is 102 Å². The van der Waals surface area contributed by atoms with E-state index in [4.69, 9.17) is 10.5 Å². The number of hydrogen-bond acceptors (Lipinski definition) is 4. The summed E-state index contributed by atoms with van der Waals surface area (Å²) in [4.78, 5) is 21.5. The van der Waals surface area contributed by atoms with E-state index in [1.54, 1.807) is 5.32 Å². The summed E-state index contributed by atoms with van der Waals surface area (Å²) in [5.74, 6) is -1.38. The van der Waals surface area contributed by atoms with Gasteiger partial charge in [0.15, 0.2) is 0 Å². The van der Waals surface area contributed by atoms with Crippen molar-refractivity contribution in [1.29, 1.82) is 0 Å². The molecule has 106 valence electrons. The Morgan fingerprint density at radius 2 is 2.00 bits per heavy atom. The second kappa shape index (κ2) is 7.88. The third-order valence-corrected chi connectivity index (χ3v) is 1.80. The van der Waals surface area contributed by atoms with Gasteiger partial charge in [-0.3, -0.25) is 9.59 Å². The van der Waals surface area contributed by atoms with E-state index in [9.17, 15) is 22.8 Å². The lowest BCUT2D eigenvalue weighted by Crippen LogP contribution is -2.46. The quantitative estimate of drug-likeness (QED) is 0.501. The second-order valence-electron chi connectivity index (χ2n) is 3.53. The molecule has 0 bridgehead atoms. The minimum absolute atomic E-state index is 0.125. The summed E-state index contributed by atoms with van der Waals surface area (Å²) in [5, 5.41) is 4.38. The van der Waals surface area contributed by atoms with Crippen LogP contribution in [0.2, 0.25) is 0 Å². The summed E-state index contributed by atoms with van der Waals surface area (Å²) in [7, 11) is 0. The van der Waals surface area contributed by atoms with Crippen LogP contribution in [0.15, 0.2) is 0 Å². The highest BCUT2D eigenvalue weighted by Gasteiger charge is 2.28. The van der Waals surface area contributed by atoms with Crippen LogP contribution in [-0.4, -0.2) is 50.3 Å². The molecule has 2 amide bonds. The molecular formula is C9H16F3N3O3. The van der Waals surface area contributed by atoms with Crippen molar-refractivity contribution in [2.24, 2.45) is 5.73 Å². The molecule has 9 heteroatoms. The summed E-state index contributed by atoms with van der Waals surface area (Å²) in [6.07, 6.45) is -4.43. The molecule has 0 radical (unpaired) electrons. The van der Waals surface area contributed by atoms with Gasteiger partial charge in [0, 0.05) is 6.54 Å². The standard InChI is InChI=1S/C9H16F3N3O3/c1-6(8(17)15-5-9(10,11)12)14-2-3-18-4-7(13)16/h6,14H,2-5H2,1H3,(H2,13,16)(H,15,17). The molecule has 0 spiro atoms. The molecule has 0 heterocycles. The Morgan fingerprint density at radius 1 is 1.39 bits per heavy atom. The first-order valence-corrected chi connectivity index (χ1v) is 5.16. The number of carbonyl (C=O) groups is 2. The average Bonchev–Trinajstić information content (AvgIpc) is 2.23. The van der Waals surface area contributed by atoms with Crippen LogP contribution in [0.3, 0.4) is 0 Å². The van der Waals surface area contributed by atoms with Crippen molar-refractivity contribution < 1.29 is 27.5 Å². The number of ether oxygens (including phenoxy) is 1. The maximum atomic E-state index is 11.8. The van der Waals surface area contributed by atoms with Crippen LogP contribution in [0.25, 0.3) is 0 Å². The highest BCUT2D eigenvalue weighted by atomic mass is 19.4. The van der Waals surface area contributed by atoms with Gasteiger partial charge in [0.05, 0.1) is 12.6 Å². The van der Waals surface area contributed by atoms with Crippen LogP contribution in [-0.2, 0) is 14.3 Å². The van der Waals surface area contributed by atoms with Crippen LogP contribution in [0.5, 0.6) is 0 Å². The van der Waals surface area contributed by atoms with E-state index in [1.165, 1.54) is 6.92 Å². The number of nitrogens with two attached hydrogens (primary N) is 1. The summed E-state index contributed by atoms with van der Waals surface area (Å²) >= 11 is 0. The number of amides is 2. The van der Waals surface area contributed by atoms with Gasteiger partial charge in [-0.25, -0.2) is 0 Å². The topological polar surface area (TPSA) is 93.4 Å². The highest BCUT2D eigenvalue weighted by molar-refractivity contribution is 5.81. The van der Waals surface area contributed by atoms with Crippen molar-refractivity contribution in [1.82, 2.24) is 10.6 Å². The van der Waals surface area contributed by atoms with Gasteiger partial charge < -0.3 is 21.1 Å². The van der Waals surface area contributed by atoms with E-state index < -0.39 is 30.6 Å². The van der Waals surface area contributed by atoms with Crippen molar-refractivity contribution in [3.05, 3.63) is 0 Å². The molecule has 0 aliphatic carbocycles. The second-order valence-corrected chi connectivity index (χ2v) is 3.53. The SMILES string of the molecule is CC(NCCOCC(N)=O)C(=O)NCC(F)(F)F. The molecule has 0 aromatic carbocycles. The highest BCUT2D eigenvalue weighted by Crippen LogP contribution is 2.12. The van der Waals surface area contributed by atoms with E-state index in [2.05, 4.69) is 5.32 Å². The number of primary amides is 1. The molecular weight excluding hydrogens is 255 g/mol. The Kier molecular flexibility index (Phi) is 7.29. The van der Waals surface area contributed by atoms with Crippen LogP contribution in [0, 0.1) is 0 Å². The lowest BCUT2D eigenvalue weighted by Gasteiger charge is -2.14. The van der Waals surface area contributed by atoms with Gasteiger partial charge in [-0.1, -0.05) is 0 Å². The van der Waals surface area contributed by atoms with Gasteiger partial charge in [0.1, 0.15) is 13.2 Å². The minimum Gasteiger partial charge on any atom is -0.370 e. The predicted octanol–water partition coefficient (Wildman–Crippen LogP) is -0.855. The monoisotopic (exact) mass is 271 g/mol. The van der Waals surface area contributed by atoms with E-state index in [0.717, 1.165) is 0 Å². The van der Waals surface area contributed by atoms with Crippen molar-refractivity contribution in [2.75, 3.05) is 26.3 Å². The lowest BCUT2D eigenvalue weighted by molar-refractivity contribution is -0.139. The molecule has 1 unspecified atom stereocenters. The normalized spacial score (nSPS) is 13.1. The molecule has 1 atom stereocenters. The van der Waals surface area contributed by atoms with Gasteiger partial charge in [0.25, 0.3) is 0 Å².